The molecule has 1 unspecified atom stereocenters. The largest absolute Gasteiger partial charge is 0.399 e. The Hall–Kier alpha value is -1.30. The molecule has 1 heterocycles. The van der Waals surface area contributed by atoms with Crippen molar-refractivity contribution in [1.82, 2.24) is 9.88 Å². The van der Waals surface area contributed by atoms with Gasteiger partial charge >= 0.3 is 0 Å². The molecule has 0 spiro atoms. The van der Waals surface area contributed by atoms with Crippen molar-refractivity contribution >= 4 is 47.7 Å². The molecule has 4 nitrogen and oxygen atoms in total. The molecule has 0 radical (unpaired) electrons. The first-order valence-corrected chi connectivity index (χ1v) is 7.28. The molecular weight excluding hydrogens is 341 g/mol. The number of hydrogen-bond acceptors (Lipinski definition) is 4. The van der Waals surface area contributed by atoms with E-state index >= 15 is 0 Å². The van der Waals surface area contributed by atoms with Gasteiger partial charge in [0.2, 0.25) is 0 Å². The summed E-state index contributed by atoms with van der Waals surface area (Å²) in [7, 11) is 1.81. The normalized spacial score (nSPS) is 11.1. The summed E-state index contributed by atoms with van der Waals surface area (Å²) in [6.07, 6.45) is 0. The Bertz CT molecular complexity index is 645. The number of hydrogen-bond donors (Lipinski definition) is 1. The molecule has 1 amide bonds. The first-order chi connectivity index (χ1) is 9.40. The number of nitrogen functional groups attached to an aromatic ring is 1. The van der Waals surface area contributed by atoms with Gasteiger partial charge in [0.1, 0.15) is 0 Å². The second kappa shape index (κ2) is 8.36. The smallest absolute Gasteiger partial charge is 0.254 e. The Kier molecular flexibility index (Phi) is 7.87. The molecule has 2 aromatic rings. The van der Waals surface area contributed by atoms with Crippen molar-refractivity contribution < 1.29 is 4.79 Å². The monoisotopic (exact) mass is 361 g/mol. The summed E-state index contributed by atoms with van der Waals surface area (Å²) in [5, 5.41) is 1.02. The molecule has 0 aliphatic carbocycles. The van der Waals surface area contributed by atoms with Crippen molar-refractivity contribution in [2.75, 3.05) is 12.8 Å². The van der Waals surface area contributed by atoms with Crippen molar-refractivity contribution in [3.05, 3.63) is 45.4 Å². The number of aryl methyl sites for hydroxylation is 2. The number of thiazole rings is 1. The number of halogens is 2. The summed E-state index contributed by atoms with van der Waals surface area (Å²) >= 11 is 1.64. The average Bonchev–Trinajstić information content (AvgIpc) is 2.75. The summed E-state index contributed by atoms with van der Waals surface area (Å²) in [5.74, 6) is -0.0322. The molecule has 0 saturated heterocycles. The van der Waals surface area contributed by atoms with Crippen LogP contribution >= 0.6 is 36.2 Å². The van der Waals surface area contributed by atoms with Crippen molar-refractivity contribution in [1.29, 1.82) is 0 Å². The van der Waals surface area contributed by atoms with E-state index in [1.54, 1.807) is 40.5 Å². The van der Waals surface area contributed by atoms with Crippen LogP contribution in [0.5, 0.6) is 0 Å². The highest BCUT2D eigenvalue weighted by atomic mass is 35.5. The molecule has 0 aliphatic rings. The molecule has 1 aromatic heterocycles. The van der Waals surface area contributed by atoms with E-state index in [1.165, 1.54) is 0 Å². The number of nitrogens with two attached hydrogens (primary N) is 1. The van der Waals surface area contributed by atoms with E-state index in [9.17, 15) is 4.79 Å². The maximum absolute atomic E-state index is 12.5. The lowest BCUT2D eigenvalue weighted by atomic mass is 10.1. The van der Waals surface area contributed by atoms with E-state index in [4.69, 9.17) is 5.73 Å². The molecule has 1 aromatic carbocycles. The van der Waals surface area contributed by atoms with E-state index in [0.29, 0.717) is 11.3 Å². The summed E-state index contributed by atoms with van der Waals surface area (Å²) < 4.78 is 0. The van der Waals surface area contributed by atoms with Gasteiger partial charge in [0.15, 0.2) is 0 Å². The number of rotatable bonds is 3. The third-order valence-corrected chi connectivity index (χ3v) is 4.60. The topological polar surface area (TPSA) is 59.2 Å². The highest BCUT2D eigenvalue weighted by Gasteiger charge is 2.22. The van der Waals surface area contributed by atoms with Crippen LogP contribution in [-0.4, -0.2) is 22.8 Å². The molecule has 2 rings (SSSR count). The van der Waals surface area contributed by atoms with Gasteiger partial charge in [-0.25, -0.2) is 4.98 Å². The number of benzene rings is 1. The van der Waals surface area contributed by atoms with Gasteiger partial charge in [-0.3, -0.25) is 4.79 Å². The fourth-order valence-electron chi connectivity index (χ4n) is 2.16. The predicted molar refractivity (Wildman–Crippen MR) is 97.4 cm³/mol. The lowest BCUT2D eigenvalue weighted by Gasteiger charge is -2.24. The zero-order chi connectivity index (χ0) is 14.9. The molecule has 0 fully saturated rings. The van der Waals surface area contributed by atoms with Crippen molar-refractivity contribution in [2.45, 2.75) is 26.8 Å². The number of amides is 1. The van der Waals surface area contributed by atoms with Crippen LogP contribution in [0.3, 0.4) is 0 Å². The lowest BCUT2D eigenvalue weighted by molar-refractivity contribution is 0.0744. The zero-order valence-electron chi connectivity index (χ0n) is 13.0. The maximum Gasteiger partial charge on any atom is 0.254 e. The Labute approximate surface area is 147 Å². The Morgan fingerprint density at radius 1 is 1.32 bits per heavy atom. The molecule has 0 aliphatic heterocycles. The highest BCUT2D eigenvalue weighted by molar-refractivity contribution is 7.11. The summed E-state index contributed by atoms with van der Waals surface area (Å²) in [6.45, 7) is 5.98. The third kappa shape index (κ3) is 4.35. The highest BCUT2D eigenvalue weighted by Crippen LogP contribution is 2.29. The molecule has 22 heavy (non-hydrogen) atoms. The van der Waals surface area contributed by atoms with E-state index in [2.05, 4.69) is 4.98 Å². The minimum atomic E-state index is -0.0322. The van der Waals surface area contributed by atoms with Crippen molar-refractivity contribution in [3.63, 3.8) is 0 Å². The number of anilines is 1. The van der Waals surface area contributed by atoms with Crippen LogP contribution < -0.4 is 5.73 Å². The zero-order valence-corrected chi connectivity index (χ0v) is 15.4. The predicted octanol–water partition coefficient (Wildman–Crippen LogP) is 4.02. The third-order valence-electron chi connectivity index (χ3n) is 3.35. The second-order valence-electron chi connectivity index (χ2n) is 4.90. The van der Waals surface area contributed by atoms with Gasteiger partial charge in [0, 0.05) is 23.2 Å². The standard InChI is InChI=1S/C15H19N3OS.2ClH/c1-9-14(20-11(3)17-9)10(2)18(4)15(19)12-6-5-7-13(16)8-12;;/h5-8,10H,16H2,1-4H3;2*1H. The van der Waals surface area contributed by atoms with E-state index < -0.39 is 0 Å². The first kappa shape index (κ1) is 20.7. The van der Waals surface area contributed by atoms with E-state index in [-0.39, 0.29) is 36.8 Å². The molecular formula is C15H21Cl2N3OS. The summed E-state index contributed by atoms with van der Waals surface area (Å²) in [6, 6.07) is 7.05. The van der Waals surface area contributed by atoms with Crippen LogP contribution in [-0.2, 0) is 0 Å². The molecule has 1 atom stereocenters. The van der Waals surface area contributed by atoms with Crippen LogP contribution in [0, 0.1) is 13.8 Å². The Morgan fingerprint density at radius 3 is 2.45 bits per heavy atom. The van der Waals surface area contributed by atoms with Gasteiger partial charge in [-0.1, -0.05) is 6.07 Å². The summed E-state index contributed by atoms with van der Waals surface area (Å²) in [4.78, 5) is 19.8. The number of nitrogens with zero attached hydrogens (tertiary/aromatic N) is 2. The van der Waals surface area contributed by atoms with Gasteiger partial charge in [-0.2, -0.15) is 0 Å². The molecule has 7 heteroatoms. The van der Waals surface area contributed by atoms with Crippen LogP contribution in [0.25, 0.3) is 0 Å². The minimum absolute atomic E-state index is 0. The quantitative estimate of drug-likeness (QED) is 0.839. The Morgan fingerprint density at radius 2 is 1.95 bits per heavy atom. The van der Waals surface area contributed by atoms with Crippen molar-refractivity contribution in [2.24, 2.45) is 0 Å². The van der Waals surface area contributed by atoms with Gasteiger partial charge in [0.05, 0.1) is 16.7 Å². The molecule has 0 saturated carbocycles. The first-order valence-electron chi connectivity index (χ1n) is 6.46. The average molecular weight is 362 g/mol. The lowest BCUT2D eigenvalue weighted by Crippen LogP contribution is -2.29. The number of aromatic nitrogens is 1. The Balaban J connectivity index is 0.00000220. The van der Waals surface area contributed by atoms with Crippen LogP contribution in [0.4, 0.5) is 5.69 Å². The van der Waals surface area contributed by atoms with Crippen molar-refractivity contribution in [3.8, 4) is 0 Å². The van der Waals surface area contributed by atoms with Gasteiger partial charge < -0.3 is 10.6 Å². The number of carbonyl (C=O) groups excluding carboxylic acids is 1. The minimum Gasteiger partial charge on any atom is -0.399 e. The van der Waals surface area contributed by atoms with E-state index in [0.717, 1.165) is 15.6 Å². The summed E-state index contributed by atoms with van der Waals surface area (Å²) in [5.41, 5.74) is 7.93. The number of carbonyl (C=O) groups is 1. The fourth-order valence-corrected chi connectivity index (χ4v) is 3.18. The van der Waals surface area contributed by atoms with Crippen LogP contribution in [0.2, 0.25) is 0 Å². The van der Waals surface area contributed by atoms with Gasteiger partial charge in [-0.15, -0.1) is 36.2 Å². The van der Waals surface area contributed by atoms with Gasteiger partial charge in [-0.05, 0) is 39.0 Å². The fraction of sp³-hybridized carbons (Fsp3) is 0.333. The van der Waals surface area contributed by atoms with Crippen LogP contribution in [0.15, 0.2) is 24.3 Å². The molecule has 122 valence electrons. The van der Waals surface area contributed by atoms with Crippen LogP contribution in [0.1, 0.15) is 38.9 Å². The second-order valence-corrected chi connectivity index (χ2v) is 6.13. The maximum atomic E-state index is 12.5. The van der Waals surface area contributed by atoms with Gasteiger partial charge in [0.25, 0.3) is 5.91 Å². The SMILES string of the molecule is Cc1nc(C)c(C(C)N(C)C(=O)c2cccc(N)c2)s1.Cl.Cl. The molecule has 0 bridgehead atoms. The van der Waals surface area contributed by atoms with E-state index in [1.807, 2.05) is 27.8 Å². The molecule has 2 N–H and O–H groups in total.